The molecule has 0 aliphatic heterocycles. The van der Waals surface area contributed by atoms with Crippen molar-refractivity contribution in [3.05, 3.63) is 59.5 Å². The van der Waals surface area contributed by atoms with Gasteiger partial charge in [-0.1, -0.05) is 12.1 Å². The number of carbonyl (C=O) groups excluding carboxylic acids is 1. The van der Waals surface area contributed by atoms with Crippen LogP contribution in [0, 0.1) is 12.8 Å². The number of imidazole rings is 1. The molecule has 5 heteroatoms. The van der Waals surface area contributed by atoms with Gasteiger partial charge in [0.1, 0.15) is 11.4 Å². The van der Waals surface area contributed by atoms with Crippen LogP contribution in [0.3, 0.4) is 0 Å². The highest BCUT2D eigenvalue weighted by Gasteiger charge is 2.28. The van der Waals surface area contributed by atoms with Crippen LogP contribution < -0.4 is 10.1 Å². The lowest BCUT2D eigenvalue weighted by Gasteiger charge is -2.22. The number of nitrogens with zero attached hydrogens (tertiary/aromatic N) is 2. The van der Waals surface area contributed by atoms with E-state index < -0.39 is 0 Å². The standard InChI is InChI=1S/C21H23N3O2/c1-3-26-19-7-5-4-6-17(19)23-21(25)15-8-9-16-18(13-15)24-11-10-14(2)12-20(24)22-16/h4-7,10-12,15H,3,8-9,13H2,1-2H3,(H,23,25). The maximum Gasteiger partial charge on any atom is 0.227 e. The van der Waals surface area contributed by atoms with Crippen LogP contribution in [0.25, 0.3) is 5.65 Å². The number of amides is 1. The Balaban J connectivity index is 1.55. The second-order valence-corrected chi connectivity index (χ2v) is 6.80. The molecule has 1 unspecified atom stereocenters. The number of anilines is 1. The average Bonchev–Trinajstić information content (AvgIpc) is 3.00. The zero-order chi connectivity index (χ0) is 18.1. The van der Waals surface area contributed by atoms with E-state index in [9.17, 15) is 4.79 Å². The Hall–Kier alpha value is -2.82. The largest absolute Gasteiger partial charge is 0.492 e. The highest BCUT2D eigenvalue weighted by molar-refractivity contribution is 5.94. The van der Waals surface area contributed by atoms with E-state index in [1.165, 1.54) is 5.56 Å². The first-order valence-electron chi connectivity index (χ1n) is 9.15. The van der Waals surface area contributed by atoms with Crippen molar-refractivity contribution >= 4 is 17.2 Å². The van der Waals surface area contributed by atoms with E-state index in [0.717, 1.165) is 35.6 Å². The molecule has 1 aliphatic carbocycles. The number of benzene rings is 1. The molecule has 5 nitrogen and oxygen atoms in total. The van der Waals surface area contributed by atoms with Gasteiger partial charge in [0.15, 0.2) is 0 Å². The minimum Gasteiger partial charge on any atom is -0.492 e. The van der Waals surface area contributed by atoms with Gasteiger partial charge in [0.2, 0.25) is 5.91 Å². The molecule has 2 heterocycles. The molecule has 0 saturated heterocycles. The molecule has 26 heavy (non-hydrogen) atoms. The molecule has 0 spiro atoms. The minimum atomic E-state index is -0.0571. The number of aromatic nitrogens is 2. The van der Waals surface area contributed by atoms with Crippen LogP contribution in [0.5, 0.6) is 5.75 Å². The van der Waals surface area contributed by atoms with Crippen LogP contribution in [0.15, 0.2) is 42.6 Å². The van der Waals surface area contributed by atoms with Crippen LogP contribution in [0.1, 0.15) is 30.3 Å². The third-order valence-electron chi connectivity index (χ3n) is 4.95. The van der Waals surface area contributed by atoms with Crippen molar-refractivity contribution in [2.45, 2.75) is 33.1 Å². The number of para-hydroxylation sites is 2. The van der Waals surface area contributed by atoms with Crippen LogP contribution in [-0.4, -0.2) is 21.9 Å². The molecular formula is C21H23N3O2. The van der Waals surface area contributed by atoms with Crippen molar-refractivity contribution in [2.75, 3.05) is 11.9 Å². The van der Waals surface area contributed by atoms with Crippen molar-refractivity contribution in [3.63, 3.8) is 0 Å². The van der Waals surface area contributed by atoms with Crippen LogP contribution in [0.4, 0.5) is 5.69 Å². The topological polar surface area (TPSA) is 55.6 Å². The second-order valence-electron chi connectivity index (χ2n) is 6.80. The van der Waals surface area contributed by atoms with Crippen LogP contribution >= 0.6 is 0 Å². The molecule has 134 valence electrons. The lowest BCUT2D eigenvalue weighted by molar-refractivity contribution is -0.120. The van der Waals surface area contributed by atoms with Gasteiger partial charge in [0.25, 0.3) is 0 Å². The number of aryl methyl sites for hydroxylation is 2. The summed E-state index contributed by atoms with van der Waals surface area (Å²) in [5.41, 5.74) is 5.18. The van der Waals surface area contributed by atoms with Gasteiger partial charge in [-0.25, -0.2) is 4.98 Å². The summed E-state index contributed by atoms with van der Waals surface area (Å²) in [5, 5.41) is 3.05. The Morgan fingerprint density at radius 1 is 1.35 bits per heavy atom. The first kappa shape index (κ1) is 16.6. The van der Waals surface area contributed by atoms with Crippen molar-refractivity contribution < 1.29 is 9.53 Å². The van der Waals surface area contributed by atoms with Crippen molar-refractivity contribution in [1.82, 2.24) is 9.38 Å². The number of rotatable bonds is 4. The zero-order valence-electron chi connectivity index (χ0n) is 15.2. The summed E-state index contributed by atoms with van der Waals surface area (Å²) in [5.74, 6) is 0.702. The second kappa shape index (κ2) is 6.83. The number of hydrogen-bond donors (Lipinski definition) is 1. The van der Waals surface area contributed by atoms with E-state index in [1.807, 2.05) is 31.2 Å². The lowest BCUT2D eigenvalue weighted by atomic mass is 9.89. The molecule has 1 aromatic carbocycles. The maximum atomic E-state index is 12.8. The van der Waals surface area contributed by atoms with E-state index in [0.29, 0.717) is 18.8 Å². The predicted molar refractivity (Wildman–Crippen MR) is 102 cm³/mol. The average molecular weight is 349 g/mol. The Labute approximate surface area is 153 Å². The Bertz CT molecular complexity index is 961. The third-order valence-corrected chi connectivity index (χ3v) is 4.95. The van der Waals surface area contributed by atoms with E-state index in [1.54, 1.807) is 0 Å². The van der Waals surface area contributed by atoms with Gasteiger partial charge in [-0.05, 0) is 56.5 Å². The Morgan fingerprint density at radius 3 is 3.04 bits per heavy atom. The van der Waals surface area contributed by atoms with Crippen LogP contribution in [0.2, 0.25) is 0 Å². The normalized spacial score (nSPS) is 16.3. The monoisotopic (exact) mass is 349 g/mol. The van der Waals surface area contributed by atoms with Crippen molar-refractivity contribution in [1.29, 1.82) is 0 Å². The highest BCUT2D eigenvalue weighted by atomic mass is 16.5. The number of hydrogen-bond acceptors (Lipinski definition) is 3. The zero-order valence-corrected chi connectivity index (χ0v) is 15.2. The van der Waals surface area contributed by atoms with Gasteiger partial charge in [-0.15, -0.1) is 0 Å². The summed E-state index contributed by atoms with van der Waals surface area (Å²) >= 11 is 0. The smallest absolute Gasteiger partial charge is 0.227 e. The lowest BCUT2D eigenvalue weighted by Crippen LogP contribution is -2.28. The summed E-state index contributed by atoms with van der Waals surface area (Å²) < 4.78 is 7.73. The molecule has 4 rings (SSSR count). The number of pyridine rings is 1. The molecule has 2 aromatic heterocycles. The summed E-state index contributed by atoms with van der Waals surface area (Å²) in [6.07, 6.45) is 4.42. The molecule has 3 aromatic rings. The minimum absolute atomic E-state index is 0.0462. The van der Waals surface area contributed by atoms with Gasteiger partial charge < -0.3 is 14.5 Å². The fraction of sp³-hybridized carbons (Fsp3) is 0.333. The molecule has 0 saturated carbocycles. The number of ether oxygens (including phenoxy) is 1. The van der Waals surface area contributed by atoms with Crippen LogP contribution in [-0.2, 0) is 17.6 Å². The fourth-order valence-electron chi connectivity index (χ4n) is 3.62. The molecular weight excluding hydrogens is 326 g/mol. The molecule has 1 aliphatic rings. The highest BCUT2D eigenvalue weighted by Crippen LogP contribution is 2.29. The van der Waals surface area contributed by atoms with Crippen molar-refractivity contribution in [3.8, 4) is 5.75 Å². The van der Waals surface area contributed by atoms with E-state index in [2.05, 4.69) is 35.0 Å². The van der Waals surface area contributed by atoms with Gasteiger partial charge in [0, 0.05) is 24.2 Å². The Kier molecular flexibility index (Phi) is 4.37. The van der Waals surface area contributed by atoms with Gasteiger partial charge >= 0.3 is 0 Å². The first-order valence-corrected chi connectivity index (χ1v) is 9.15. The van der Waals surface area contributed by atoms with Crippen molar-refractivity contribution in [2.24, 2.45) is 5.92 Å². The molecule has 0 fully saturated rings. The van der Waals surface area contributed by atoms with Gasteiger partial charge in [-0.3, -0.25) is 4.79 Å². The quantitative estimate of drug-likeness (QED) is 0.780. The van der Waals surface area contributed by atoms with Gasteiger partial charge in [0.05, 0.1) is 18.0 Å². The fourth-order valence-corrected chi connectivity index (χ4v) is 3.62. The van der Waals surface area contributed by atoms with E-state index >= 15 is 0 Å². The molecule has 1 atom stereocenters. The summed E-state index contributed by atoms with van der Waals surface area (Å²) in [7, 11) is 0. The SMILES string of the molecule is CCOc1ccccc1NC(=O)C1CCc2nc3cc(C)ccn3c2C1. The number of fused-ring (bicyclic) bond motifs is 3. The summed E-state index contributed by atoms with van der Waals surface area (Å²) in [6.45, 7) is 4.58. The van der Waals surface area contributed by atoms with Gasteiger partial charge in [-0.2, -0.15) is 0 Å². The van der Waals surface area contributed by atoms with E-state index in [4.69, 9.17) is 9.72 Å². The third kappa shape index (κ3) is 3.05. The molecule has 0 radical (unpaired) electrons. The Morgan fingerprint density at radius 2 is 2.19 bits per heavy atom. The predicted octanol–water partition coefficient (Wildman–Crippen LogP) is 3.79. The summed E-state index contributed by atoms with van der Waals surface area (Å²) in [4.78, 5) is 17.6. The molecule has 1 amide bonds. The summed E-state index contributed by atoms with van der Waals surface area (Å²) in [6, 6.07) is 11.7. The molecule has 0 bridgehead atoms. The first-order chi connectivity index (χ1) is 12.7. The maximum absolute atomic E-state index is 12.8. The molecule has 1 N–H and O–H groups in total. The van der Waals surface area contributed by atoms with E-state index in [-0.39, 0.29) is 11.8 Å². The number of nitrogens with one attached hydrogen (secondary N) is 1. The number of carbonyl (C=O) groups is 1.